The van der Waals surface area contributed by atoms with Gasteiger partial charge in [0, 0.05) is 24.6 Å². The van der Waals surface area contributed by atoms with Crippen molar-refractivity contribution in [2.24, 2.45) is 7.05 Å². The van der Waals surface area contributed by atoms with Crippen LogP contribution in [-0.2, 0) is 20.0 Å². The lowest BCUT2D eigenvalue weighted by Gasteiger charge is -2.08. The highest BCUT2D eigenvalue weighted by molar-refractivity contribution is 6.30. The average molecular weight is 388 g/mol. The van der Waals surface area contributed by atoms with E-state index in [1.807, 2.05) is 0 Å². The van der Waals surface area contributed by atoms with Crippen molar-refractivity contribution in [3.63, 3.8) is 0 Å². The number of benzene rings is 1. The first-order valence-electron chi connectivity index (χ1n) is 7.85. The van der Waals surface area contributed by atoms with Crippen molar-refractivity contribution in [2.75, 3.05) is 0 Å². The normalized spacial score (nSPS) is 11.9. The van der Waals surface area contributed by atoms with Crippen molar-refractivity contribution in [2.45, 2.75) is 19.1 Å². The van der Waals surface area contributed by atoms with Gasteiger partial charge in [0.25, 0.3) is 5.56 Å². The number of nitrogens with zero attached hydrogens (tertiary/aromatic N) is 5. The topological polar surface area (TPSA) is 127 Å². The third-order valence-electron chi connectivity index (χ3n) is 3.95. The van der Waals surface area contributed by atoms with E-state index in [4.69, 9.17) is 21.4 Å². The van der Waals surface area contributed by atoms with Crippen LogP contribution in [0.25, 0.3) is 0 Å². The van der Waals surface area contributed by atoms with Crippen molar-refractivity contribution in [1.29, 1.82) is 5.26 Å². The SMILES string of the molecule is Cn1c(C#N)cc(=O)n(Cc2nc(CC(O)c3ccc(Cl)cc3)no2)c1=O. The van der Waals surface area contributed by atoms with E-state index >= 15 is 0 Å². The first-order valence-corrected chi connectivity index (χ1v) is 8.23. The first kappa shape index (κ1) is 18.6. The highest BCUT2D eigenvalue weighted by Gasteiger charge is 2.16. The molecule has 2 heterocycles. The summed E-state index contributed by atoms with van der Waals surface area (Å²) in [5.74, 6) is 0.267. The zero-order valence-electron chi connectivity index (χ0n) is 14.2. The zero-order chi connectivity index (χ0) is 19.6. The van der Waals surface area contributed by atoms with E-state index < -0.39 is 17.4 Å². The number of aliphatic hydroxyl groups is 1. The van der Waals surface area contributed by atoms with Gasteiger partial charge in [-0.2, -0.15) is 10.2 Å². The molecule has 0 aliphatic rings. The van der Waals surface area contributed by atoms with Gasteiger partial charge in [0.1, 0.15) is 18.3 Å². The van der Waals surface area contributed by atoms with Crippen LogP contribution >= 0.6 is 11.6 Å². The molecule has 0 fully saturated rings. The summed E-state index contributed by atoms with van der Waals surface area (Å²) in [7, 11) is 1.39. The Morgan fingerprint density at radius 3 is 2.70 bits per heavy atom. The standard InChI is InChI=1S/C17H14ClN5O4/c1-22-12(8-19)6-16(25)23(17(22)26)9-15-20-14(21-27-15)7-13(24)10-2-4-11(18)5-3-10/h2-6,13,24H,7,9H2,1H3. The van der Waals surface area contributed by atoms with Crippen molar-refractivity contribution in [3.05, 3.63) is 79.2 Å². The van der Waals surface area contributed by atoms with Gasteiger partial charge in [-0.3, -0.25) is 13.9 Å². The molecule has 0 saturated carbocycles. The minimum atomic E-state index is -0.863. The third-order valence-corrected chi connectivity index (χ3v) is 4.21. The molecule has 3 aromatic rings. The van der Waals surface area contributed by atoms with E-state index in [1.54, 1.807) is 30.3 Å². The fourth-order valence-electron chi connectivity index (χ4n) is 2.47. The molecule has 0 saturated heterocycles. The van der Waals surface area contributed by atoms with E-state index in [0.717, 1.165) is 15.2 Å². The van der Waals surface area contributed by atoms with Crippen LogP contribution in [0.5, 0.6) is 0 Å². The van der Waals surface area contributed by atoms with Crippen LogP contribution in [0.1, 0.15) is 29.1 Å². The second-order valence-corrected chi connectivity index (χ2v) is 6.22. The summed E-state index contributed by atoms with van der Waals surface area (Å²) >= 11 is 5.82. The molecule has 2 aromatic heterocycles. The molecule has 0 aliphatic carbocycles. The maximum absolute atomic E-state index is 12.2. The highest BCUT2D eigenvalue weighted by atomic mass is 35.5. The summed E-state index contributed by atoms with van der Waals surface area (Å²) in [5, 5.41) is 23.5. The van der Waals surface area contributed by atoms with Crippen LogP contribution in [0, 0.1) is 11.3 Å². The molecule has 0 bridgehead atoms. The maximum Gasteiger partial charge on any atom is 0.332 e. The Kier molecular flexibility index (Phi) is 5.21. The van der Waals surface area contributed by atoms with Gasteiger partial charge in [-0.15, -0.1) is 0 Å². The van der Waals surface area contributed by atoms with Gasteiger partial charge in [-0.1, -0.05) is 28.9 Å². The van der Waals surface area contributed by atoms with Crippen LogP contribution in [0.3, 0.4) is 0 Å². The van der Waals surface area contributed by atoms with Gasteiger partial charge in [0.05, 0.1) is 6.10 Å². The van der Waals surface area contributed by atoms with E-state index in [-0.39, 0.29) is 30.4 Å². The van der Waals surface area contributed by atoms with Gasteiger partial charge in [-0.05, 0) is 17.7 Å². The maximum atomic E-state index is 12.2. The van der Waals surface area contributed by atoms with E-state index in [0.29, 0.717) is 10.6 Å². The van der Waals surface area contributed by atoms with Gasteiger partial charge < -0.3 is 9.63 Å². The minimum Gasteiger partial charge on any atom is -0.388 e. The quantitative estimate of drug-likeness (QED) is 0.685. The highest BCUT2D eigenvalue weighted by Crippen LogP contribution is 2.19. The molecule has 1 atom stereocenters. The predicted molar refractivity (Wildman–Crippen MR) is 94.2 cm³/mol. The van der Waals surface area contributed by atoms with Gasteiger partial charge in [0.15, 0.2) is 5.82 Å². The van der Waals surface area contributed by atoms with Crippen LogP contribution in [0.4, 0.5) is 0 Å². The van der Waals surface area contributed by atoms with Crippen LogP contribution in [0.2, 0.25) is 5.02 Å². The third kappa shape index (κ3) is 3.97. The molecular weight excluding hydrogens is 374 g/mol. The lowest BCUT2D eigenvalue weighted by Crippen LogP contribution is -2.39. The monoisotopic (exact) mass is 387 g/mol. The Morgan fingerprint density at radius 1 is 1.33 bits per heavy atom. The zero-order valence-corrected chi connectivity index (χ0v) is 14.9. The predicted octanol–water partition coefficient (Wildman–Crippen LogP) is 0.779. The minimum absolute atomic E-state index is 0.0391. The molecule has 1 aromatic carbocycles. The number of rotatable bonds is 5. The van der Waals surface area contributed by atoms with E-state index in [9.17, 15) is 14.7 Å². The summed E-state index contributed by atoms with van der Waals surface area (Å²) < 4.78 is 7.01. The van der Waals surface area contributed by atoms with Crippen molar-refractivity contribution >= 4 is 11.6 Å². The van der Waals surface area contributed by atoms with E-state index in [2.05, 4.69) is 10.1 Å². The number of aromatic nitrogens is 4. The smallest absolute Gasteiger partial charge is 0.332 e. The lowest BCUT2D eigenvalue weighted by atomic mass is 10.1. The number of hydrogen-bond donors (Lipinski definition) is 1. The second kappa shape index (κ2) is 7.57. The lowest BCUT2D eigenvalue weighted by molar-refractivity contribution is 0.174. The fraction of sp³-hybridized carbons (Fsp3) is 0.235. The Bertz CT molecular complexity index is 1120. The Balaban J connectivity index is 1.78. The summed E-state index contributed by atoms with van der Waals surface area (Å²) in [5.41, 5.74) is -0.711. The van der Waals surface area contributed by atoms with Crippen LogP contribution < -0.4 is 11.2 Å². The molecule has 0 spiro atoms. The molecule has 3 rings (SSSR count). The number of halogens is 1. The van der Waals surface area contributed by atoms with Crippen LogP contribution in [-0.4, -0.2) is 24.4 Å². The molecule has 27 heavy (non-hydrogen) atoms. The fourth-order valence-corrected chi connectivity index (χ4v) is 2.60. The molecule has 9 nitrogen and oxygen atoms in total. The number of hydrogen-bond acceptors (Lipinski definition) is 7. The van der Waals surface area contributed by atoms with Gasteiger partial charge >= 0.3 is 5.69 Å². The summed E-state index contributed by atoms with van der Waals surface area (Å²) in [4.78, 5) is 28.3. The molecule has 0 amide bonds. The summed E-state index contributed by atoms with van der Waals surface area (Å²) in [6.45, 7) is -0.235. The van der Waals surface area contributed by atoms with Crippen molar-refractivity contribution < 1.29 is 9.63 Å². The van der Waals surface area contributed by atoms with Gasteiger partial charge in [-0.25, -0.2) is 4.79 Å². The number of aliphatic hydroxyl groups excluding tert-OH is 1. The molecule has 0 aliphatic heterocycles. The Hall–Kier alpha value is -3.22. The molecule has 1 N–H and O–H groups in total. The van der Waals surface area contributed by atoms with E-state index in [1.165, 1.54) is 7.05 Å². The first-order chi connectivity index (χ1) is 12.9. The van der Waals surface area contributed by atoms with Crippen LogP contribution in [0.15, 0.2) is 44.4 Å². The number of nitriles is 1. The Morgan fingerprint density at radius 2 is 2.04 bits per heavy atom. The molecule has 10 heteroatoms. The van der Waals surface area contributed by atoms with Crippen molar-refractivity contribution in [1.82, 2.24) is 19.3 Å². The Labute approximate surface area is 157 Å². The molecule has 1 unspecified atom stereocenters. The van der Waals surface area contributed by atoms with Gasteiger partial charge in [0.2, 0.25) is 5.89 Å². The second-order valence-electron chi connectivity index (χ2n) is 5.78. The average Bonchev–Trinajstić information content (AvgIpc) is 3.09. The molecule has 0 radical (unpaired) electrons. The molecular formula is C17H14ClN5O4. The summed E-state index contributed by atoms with van der Waals surface area (Å²) in [6.07, 6.45) is -0.774. The van der Waals surface area contributed by atoms with Crippen molar-refractivity contribution in [3.8, 4) is 6.07 Å². The largest absolute Gasteiger partial charge is 0.388 e. The summed E-state index contributed by atoms with van der Waals surface area (Å²) in [6, 6.07) is 9.53. The molecule has 138 valence electrons.